The van der Waals surface area contributed by atoms with Gasteiger partial charge in [-0.2, -0.15) is 0 Å². The first-order valence-corrected chi connectivity index (χ1v) is 12.5. The topological polar surface area (TPSA) is 58.5 Å². The van der Waals surface area contributed by atoms with Crippen LogP contribution in [0.2, 0.25) is 0 Å². The van der Waals surface area contributed by atoms with Gasteiger partial charge in [-0.3, -0.25) is 0 Å². The van der Waals surface area contributed by atoms with Crippen LogP contribution in [-0.4, -0.2) is 88.5 Å². The Morgan fingerprint density at radius 1 is 0.667 bits per heavy atom. The van der Waals surface area contributed by atoms with Gasteiger partial charge in [-0.1, -0.05) is 0 Å². The molecule has 6 heteroatoms. The molecule has 4 rings (SSSR count). The van der Waals surface area contributed by atoms with E-state index in [1.54, 1.807) is 0 Å². The minimum atomic E-state index is 0.686. The van der Waals surface area contributed by atoms with Crippen molar-refractivity contribution in [3.8, 4) is 0 Å². The van der Waals surface area contributed by atoms with Gasteiger partial charge in [0.2, 0.25) is 0 Å². The van der Waals surface area contributed by atoms with Gasteiger partial charge in [0.25, 0.3) is 0 Å². The summed E-state index contributed by atoms with van der Waals surface area (Å²) in [7, 11) is 9.70. The van der Waals surface area contributed by atoms with Crippen molar-refractivity contribution in [2.75, 3.05) is 88.7 Å². The molecule has 33 heavy (non-hydrogen) atoms. The largest absolute Gasteiger partial charge is 0.399 e. The lowest BCUT2D eigenvalue weighted by Crippen LogP contribution is -2.54. The van der Waals surface area contributed by atoms with E-state index in [9.17, 15) is 0 Å². The molecular weight excluding hydrogens is 408 g/mol. The summed E-state index contributed by atoms with van der Waals surface area (Å²) in [5, 5.41) is 0. The van der Waals surface area contributed by atoms with Crippen LogP contribution in [-0.2, 0) is 0 Å². The number of nitrogen functional groups attached to an aromatic ring is 2. The highest BCUT2D eigenvalue weighted by Crippen LogP contribution is 2.28. The molecule has 2 aromatic rings. The standard InChI is InChI=1S/C27H44N6/c1-32(2,26-14-16-30(20-26)24-10-6-22(28)7-11-24)18-5-19-33(3,4)27-15-17-31(21-27)25-12-8-23(29)9-13-25/h6-13,26-27H,5,14-21,28-29H2,1-4H3/q+2. The highest BCUT2D eigenvalue weighted by Gasteiger charge is 2.38. The number of benzene rings is 2. The third kappa shape index (κ3) is 5.56. The second-order valence-corrected chi connectivity index (χ2v) is 11.3. The quantitative estimate of drug-likeness (QED) is 0.477. The molecule has 4 N–H and O–H groups in total. The van der Waals surface area contributed by atoms with Crippen molar-refractivity contribution in [2.45, 2.75) is 31.3 Å². The van der Waals surface area contributed by atoms with Crippen LogP contribution >= 0.6 is 0 Å². The van der Waals surface area contributed by atoms with Crippen LogP contribution in [0.3, 0.4) is 0 Å². The molecular formula is C27H44N6+2. The van der Waals surface area contributed by atoms with E-state index in [2.05, 4.69) is 62.3 Å². The zero-order valence-electron chi connectivity index (χ0n) is 21.1. The minimum absolute atomic E-state index is 0.686. The zero-order valence-corrected chi connectivity index (χ0v) is 21.1. The van der Waals surface area contributed by atoms with Gasteiger partial charge in [0, 0.05) is 55.1 Å². The molecule has 0 aliphatic carbocycles. The monoisotopic (exact) mass is 452 g/mol. The third-order valence-corrected chi connectivity index (χ3v) is 8.29. The van der Waals surface area contributed by atoms with Crippen LogP contribution in [0.1, 0.15) is 19.3 Å². The highest BCUT2D eigenvalue weighted by atomic mass is 15.4. The molecule has 0 aromatic heterocycles. The summed E-state index contributed by atoms with van der Waals surface area (Å²) in [6.07, 6.45) is 3.78. The normalized spacial score (nSPS) is 21.7. The number of likely N-dealkylation sites (N-methyl/N-ethyl adjacent to an activating group) is 2. The Hall–Kier alpha value is -2.44. The SMILES string of the molecule is C[N+](C)(CCC[N+](C)(C)C1CCN(c2ccc(N)cc2)C1)C1CCN(c2ccc(N)cc2)C1. The van der Waals surface area contributed by atoms with Crippen LogP contribution < -0.4 is 21.3 Å². The molecule has 0 amide bonds. The molecule has 0 bridgehead atoms. The Kier molecular flexibility index (Phi) is 6.78. The minimum Gasteiger partial charge on any atom is -0.399 e. The van der Waals surface area contributed by atoms with Crippen molar-refractivity contribution >= 4 is 22.7 Å². The molecule has 0 spiro atoms. The summed E-state index contributed by atoms with van der Waals surface area (Å²) in [5.41, 5.74) is 16.0. The van der Waals surface area contributed by atoms with Crippen molar-refractivity contribution in [1.29, 1.82) is 0 Å². The van der Waals surface area contributed by atoms with Crippen LogP contribution in [0.4, 0.5) is 22.7 Å². The van der Waals surface area contributed by atoms with E-state index in [1.165, 1.54) is 43.7 Å². The number of hydrogen-bond acceptors (Lipinski definition) is 4. The van der Waals surface area contributed by atoms with Crippen LogP contribution in [0.5, 0.6) is 0 Å². The van der Waals surface area contributed by atoms with Gasteiger partial charge in [-0.15, -0.1) is 0 Å². The molecule has 2 aliphatic heterocycles. The average Bonchev–Trinajstić information content (AvgIpc) is 3.46. The van der Waals surface area contributed by atoms with Crippen molar-refractivity contribution in [3.63, 3.8) is 0 Å². The number of quaternary nitrogens is 2. The summed E-state index contributed by atoms with van der Waals surface area (Å²) < 4.78 is 2.21. The highest BCUT2D eigenvalue weighted by molar-refractivity contribution is 5.54. The molecule has 2 saturated heterocycles. The first-order chi connectivity index (χ1) is 15.6. The molecule has 2 aromatic carbocycles. The van der Waals surface area contributed by atoms with E-state index < -0.39 is 0 Å². The van der Waals surface area contributed by atoms with Gasteiger partial charge in [-0.05, 0) is 48.5 Å². The first kappa shape index (κ1) is 23.7. The van der Waals surface area contributed by atoms with E-state index in [-0.39, 0.29) is 0 Å². The number of anilines is 4. The van der Waals surface area contributed by atoms with E-state index in [0.29, 0.717) is 12.1 Å². The van der Waals surface area contributed by atoms with E-state index in [0.717, 1.165) is 46.5 Å². The molecule has 2 aliphatic rings. The first-order valence-electron chi connectivity index (χ1n) is 12.5. The molecule has 6 nitrogen and oxygen atoms in total. The lowest BCUT2D eigenvalue weighted by Gasteiger charge is -2.39. The number of hydrogen-bond donors (Lipinski definition) is 2. The molecule has 2 heterocycles. The molecule has 180 valence electrons. The molecule has 0 saturated carbocycles. The van der Waals surface area contributed by atoms with Crippen LogP contribution in [0.25, 0.3) is 0 Å². The van der Waals surface area contributed by atoms with Crippen molar-refractivity contribution < 1.29 is 8.97 Å². The fourth-order valence-electron chi connectivity index (χ4n) is 5.71. The summed E-state index contributed by atoms with van der Waals surface area (Å²) in [5.74, 6) is 0. The van der Waals surface area contributed by atoms with Gasteiger partial charge in [0.05, 0.1) is 54.4 Å². The Balaban J connectivity index is 1.26. The average molecular weight is 453 g/mol. The third-order valence-electron chi connectivity index (χ3n) is 8.29. The molecule has 0 radical (unpaired) electrons. The number of rotatable bonds is 8. The van der Waals surface area contributed by atoms with Crippen molar-refractivity contribution in [2.24, 2.45) is 0 Å². The van der Waals surface area contributed by atoms with Gasteiger partial charge >= 0.3 is 0 Å². The maximum atomic E-state index is 5.87. The fourth-order valence-corrected chi connectivity index (χ4v) is 5.71. The Bertz CT molecular complexity index is 830. The second-order valence-electron chi connectivity index (χ2n) is 11.3. The van der Waals surface area contributed by atoms with Gasteiger partial charge in [0.1, 0.15) is 12.1 Å². The Labute approximate surface area is 200 Å². The number of nitrogens with zero attached hydrogens (tertiary/aromatic N) is 4. The predicted octanol–water partition coefficient (Wildman–Crippen LogP) is 3.25. The van der Waals surface area contributed by atoms with Crippen molar-refractivity contribution in [1.82, 2.24) is 0 Å². The zero-order chi connectivity index (χ0) is 23.6. The second kappa shape index (κ2) is 9.43. The molecule has 2 unspecified atom stereocenters. The van der Waals surface area contributed by atoms with E-state index in [4.69, 9.17) is 11.5 Å². The van der Waals surface area contributed by atoms with Gasteiger partial charge in [0.15, 0.2) is 0 Å². The number of nitrogens with two attached hydrogens (primary N) is 2. The smallest absolute Gasteiger partial charge is 0.108 e. The molecule has 2 fully saturated rings. The maximum Gasteiger partial charge on any atom is 0.108 e. The van der Waals surface area contributed by atoms with Crippen LogP contribution in [0, 0.1) is 0 Å². The summed E-state index contributed by atoms with van der Waals surface area (Å²) in [6, 6.07) is 18.1. The fraction of sp³-hybridized carbons (Fsp3) is 0.556. The van der Waals surface area contributed by atoms with E-state index >= 15 is 0 Å². The Morgan fingerprint density at radius 2 is 1.03 bits per heavy atom. The summed E-state index contributed by atoms with van der Waals surface area (Å²) in [4.78, 5) is 5.04. The van der Waals surface area contributed by atoms with Crippen LogP contribution in [0.15, 0.2) is 48.5 Å². The lowest BCUT2D eigenvalue weighted by molar-refractivity contribution is -0.930. The predicted molar refractivity (Wildman–Crippen MR) is 142 cm³/mol. The van der Waals surface area contributed by atoms with Crippen molar-refractivity contribution in [3.05, 3.63) is 48.5 Å². The van der Waals surface area contributed by atoms with Gasteiger partial charge in [-0.25, -0.2) is 0 Å². The lowest BCUT2D eigenvalue weighted by atomic mass is 10.1. The molecule has 2 atom stereocenters. The van der Waals surface area contributed by atoms with Gasteiger partial charge < -0.3 is 30.2 Å². The van der Waals surface area contributed by atoms with E-state index in [1.807, 2.05) is 24.3 Å². The Morgan fingerprint density at radius 3 is 1.39 bits per heavy atom. The summed E-state index contributed by atoms with van der Waals surface area (Å²) >= 11 is 0. The maximum absolute atomic E-state index is 5.87. The summed E-state index contributed by atoms with van der Waals surface area (Å²) in [6.45, 7) is 7.01.